The maximum absolute atomic E-state index is 5.79. The molecule has 116 valence electrons. The van der Waals surface area contributed by atoms with Crippen molar-refractivity contribution in [2.24, 2.45) is 0 Å². The van der Waals surface area contributed by atoms with E-state index in [1.807, 2.05) is 54.6 Å². The monoisotopic (exact) mass is 308 g/mol. The van der Waals surface area contributed by atoms with E-state index in [2.05, 4.69) is 9.97 Å². The molecule has 0 saturated carbocycles. The summed E-state index contributed by atoms with van der Waals surface area (Å²) in [7, 11) is 3.14. The van der Waals surface area contributed by atoms with Crippen LogP contribution in [-0.2, 0) is 0 Å². The zero-order valence-electron chi connectivity index (χ0n) is 12.9. The average Bonchev–Trinajstić information content (AvgIpc) is 2.62. The Hall–Kier alpha value is -3.08. The predicted molar refractivity (Wildman–Crippen MR) is 87.1 cm³/mol. The summed E-state index contributed by atoms with van der Waals surface area (Å²) in [6, 6.07) is 17.2. The summed E-state index contributed by atoms with van der Waals surface area (Å²) in [6.07, 6.45) is 1.41. The van der Waals surface area contributed by atoms with Crippen molar-refractivity contribution in [2.75, 3.05) is 14.2 Å². The molecule has 3 rings (SSSR count). The predicted octanol–water partition coefficient (Wildman–Crippen LogP) is 3.95. The number of rotatable bonds is 5. The lowest BCUT2D eigenvalue weighted by atomic mass is 10.1. The van der Waals surface area contributed by atoms with Crippen LogP contribution in [0.1, 0.15) is 0 Å². The standard InChI is InChI=1S/C18H16N2O3/c1-21-17-16(18(22-2)20-12-19-17)13-8-10-15(11-9-13)23-14-6-4-3-5-7-14/h3-12H,1-2H3. The van der Waals surface area contributed by atoms with Crippen molar-refractivity contribution in [1.29, 1.82) is 0 Å². The van der Waals surface area contributed by atoms with Crippen molar-refractivity contribution < 1.29 is 14.2 Å². The third-order valence-corrected chi connectivity index (χ3v) is 3.29. The van der Waals surface area contributed by atoms with E-state index in [1.54, 1.807) is 14.2 Å². The highest BCUT2D eigenvalue weighted by atomic mass is 16.5. The molecule has 0 unspecified atom stereocenters. The van der Waals surface area contributed by atoms with Crippen molar-refractivity contribution >= 4 is 0 Å². The van der Waals surface area contributed by atoms with Crippen LogP contribution in [0.2, 0.25) is 0 Å². The lowest BCUT2D eigenvalue weighted by molar-refractivity contribution is 0.375. The van der Waals surface area contributed by atoms with E-state index in [-0.39, 0.29) is 0 Å². The van der Waals surface area contributed by atoms with Crippen molar-refractivity contribution in [1.82, 2.24) is 9.97 Å². The van der Waals surface area contributed by atoms with Crippen molar-refractivity contribution in [2.45, 2.75) is 0 Å². The highest BCUT2D eigenvalue weighted by Gasteiger charge is 2.15. The summed E-state index contributed by atoms with van der Waals surface area (Å²) in [5.41, 5.74) is 1.60. The number of hydrogen-bond acceptors (Lipinski definition) is 5. The van der Waals surface area contributed by atoms with E-state index >= 15 is 0 Å². The van der Waals surface area contributed by atoms with Crippen LogP contribution >= 0.6 is 0 Å². The van der Waals surface area contributed by atoms with Gasteiger partial charge in [-0.1, -0.05) is 30.3 Å². The second-order valence-corrected chi connectivity index (χ2v) is 4.71. The Morgan fingerprint density at radius 2 is 1.26 bits per heavy atom. The molecule has 0 aliphatic carbocycles. The van der Waals surface area contributed by atoms with Crippen LogP contribution in [0, 0.1) is 0 Å². The molecule has 2 aromatic carbocycles. The Bertz CT molecular complexity index is 752. The topological polar surface area (TPSA) is 53.5 Å². The van der Waals surface area contributed by atoms with Crippen LogP contribution in [0.25, 0.3) is 11.1 Å². The first kappa shape index (κ1) is 14.8. The molecule has 0 amide bonds. The van der Waals surface area contributed by atoms with Gasteiger partial charge in [0.2, 0.25) is 11.8 Å². The minimum Gasteiger partial charge on any atom is -0.480 e. The van der Waals surface area contributed by atoms with Gasteiger partial charge in [0.15, 0.2) is 0 Å². The van der Waals surface area contributed by atoms with Gasteiger partial charge in [-0.05, 0) is 29.8 Å². The van der Waals surface area contributed by atoms with E-state index in [0.29, 0.717) is 17.3 Å². The fourth-order valence-electron chi connectivity index (χ4n) is 2.23. The first-order valence-electron chi connectivity index (χ1n) is 7.08. The minimum atomic E-state index is 0.466. The zero-order valence-corrected chi connectivity index (χ0v) is 12.9. The Morgan fingerprint density at radius 3 is 1.83 bits per heavy atom. The Labute approximate surface area is 134 Å². The van der Waals surface area contributed by atoms with E-state index in [0.717, 1.165) is 17.1 Å². The van der Waals surface area contributed by atoms with Crippen LogP contribution in [0.3, 0.4) is 0 Å². The molecule has 23 heavy (non-hydrogen) atoms. The van der Waals surface area contributed by atoms with Gasteiger partial charge in [0.05, 0.1) is 14.2 Å². The highest BCUT2D eigenvalue weighted by molar-refractivity contribution is 5.73. The molecule has 0 aliphatic rings. The SMILES string of the molecule is COc1ncnc(OC)c1-c1ccc(Oc2ccccc2)cc1. The summed E-state index contributed by atoms with van der Waals surface area (Å²) < 4.78 is 16.4. The van der Waals surface area contributed by atoms with Crippen LogP contribution < -0.4 is 14.2 Å². The molecule has 1 aromatic heterocycles. The largest absolute Gasteiger partial charge is 0.480 e. The van der Waals surface area contributed by atoms with Crippen LogP contribution in [0.15, 0.2) is 60.9 Å². The molecule has 0 fully saturated rings. The van der Waals surface area contributed by atoms with E-state index in [9.17, 15) is 0 Å². The van der Waals surface area contributed by atoms with Crippen LogP contribution in [-0.4, -0.2) is 24.2 Å². The summed E-state index contributed by atoms with van der Waals surface area (Å²) in [5, 5.41) is 0. The molecular weight excluding hydrogens is 292 g/mol. The molecule has 0 spiro atoms. The highest BCUT2D eigenvalue weighted by Crippen LogP contribution is 2.36. The van der Waals surface area contributed by atoms with Crippen molar-refractivity contribution in [3.63, 3.8) is 0 Å². The molecule has 0 N–H and O–H groups in total. The third-order valence-electron chi connectivity index (χ3n) is 3.29. The average molecular weight is 308 g/mol. The molecule has 5 heteroatoms. The van der Waals surface area contributed by atoms with Gasteiger partial charge in [-0.3, -0.25) is 0 Å². The van der Waals surface area contributed by atoms with E-state index < -0.39 is 0 Å². The number of para-hydroxylation sites is 1. The van der Waals surface area contributed by atoms with Gasteiger partial charge in [-0.25, -0.2) is 9.97 Å². The van der Waals surface area contributed by atoms with Gasteiger partial charge in [-0.15, -0.1) is 0 Å². The van der Waals surface area contributed by atoms with Crippen LogP contribution in [0.5, 0.6) is 23.3 Å². The number of hydrogen-bond donors (Lipinski definition) is 0. The molecule has 0 bridgehead atoms. The van der Waals surface area contributed by atoms with Gasteiger partial charge in [-0.2, -0.15) is 0 Å². The molecule has 1 heterocycles. The van der Waals surface area contributed by atoms with Gasteiger partial charge < -0.3 is 14.2 Å². The van der Waals surface area contributed by atoms with Gasteiger partial charge in [0.25, 0.3) is 0 Å². The van der Waals surface area contributed by atoms with Crippen LogP contribution in [0.4, 0.5) is 0 Å². The number of aromatic nitrogens is 2. The summed E-state index contributed by atoms with van der Waals surface area (Å²) in [5.74, 6) is 2.47. The smallest absolute Gasteiger partial charge is 0.228 e. The molecule has 0 saturated heterocycles. The third kappa shape index (κ3) is 3.23. The van der Waals surface area contributed by atoms with Gasteiger partial charge in [0, 0.05) is 0 Å². The lowest BCUT2D eigenvalue weighted by Crippen LogP contribution is -1.98. The molecule has 0 atom stereocenters. The van der Waals surface area contributed by atoms with E-state index in [4.69, 9.17) is 14.2 Å². The summed E-state index contributed by atoms with van der Waals surface area (Å²) >= 11 is 0. The second-order valence-electron chi connectivity index (χ2n) is 4.71. The lowest BCUT2D eigenvalue weighted by Gasteiger charge is -2.11. The maximum atomic E-state index is 5.79. The fraction of sp³-hybridized carbons (Fsp3) is 0.111. The Balaban J connectivity index is 1.91. The zero-order chi connectivity index (χ0) is 16.1. The quantitative estimate of drug-likeness (QED) is 0.714. The molecule has 0 aliphatic heterocycles. The molecular formula is C18H16N2O3. The maximum Gasteiger partial charge on any atom is 0.228 e. The summed E-state index contributed by atoms with van der Waals surface area (Å²) in [6.45, 7) is 0. The number of ether oxygens (including phenoxy) is 3. The molecule has 0 radical (unpaired) electrons. The molecule has 5 nitrogen and oxygen atoms in total. The summed E-state index contributed by atoms with van der Waals surface area (Å²) in [4.78, 5) is 8.26. The Morgan fingerprint density at radius 1 is 0.696 bits per heavy atom. The second kappa shape index (κ2) is 6.79. The number of methoxy groups -OCH3 is 2. The van der Waals surface area contributed by atoms with Crippen molar-refractivity contribution in [3.05, 3.63) is 60.9 Å². The first-order valence-corrected chi connectivity index (χ1v) is 7.08. The molecule has 3 aromatic rings. The van der Waals surface area contributed by atoms with E-state index in [1.165, 1.54) is 6.33 Å². The number of nitrogens with zero attached hydrogens (tertiary/aromatic N) is 2. The van der Waals surface area contributed by atoms with Crippen molar-refractivity contribution in [3.8, 4) is 34.4 Å². The number of benzene rings is 2. The fourth-order valence-corrected chi connectivity index (χ4v) is 2.23. The van der Waals surface area contributed by atoms with Gasteiger partial charge in [0.1, 0.15) is 23.4 Å². The minimum absolute atomic E-state index is 0.466. The first-order chi connectivity index (χ1) is 11.3. The normalized spacial score (nSPS) is 10.2. The Kier molecular flexibility index (Phi) is 4.38. The van der Waals surface area contributed by atoms with Gasteiger partial charge >= 0.3 is 0 Å².